The normalized spacial score (nSPS) is 14.9. The number of nitro groups is 1. The Labute approximate surface area is 296 Å². The molecule has 0 saturated carbocycles. The Hall–Kier alpha value is -5.81. The number of nitrogens with zero attached hydrogens (tertiary/aromatic N) is 3. The Bertz CT molecular complexity index is 2090. The number of carbonyl (C=O) groups is 2. The molecule has 0 saturated heterocycles. The van der Waals surface area contributed by atoms with Crippen LogP contribution in [0, 0.1) is 10.1 Å². The fourth-order valence-electron chi connectivity index (χ4n) is 5.89. The molecule has 17 heteroatoms. The van der Waals surface area contributed by atoms with Crippen molar-refractivity contribution in [2.45, 2.75) is 36.2 Å². The van der Waals surface area contributed by atoms with Crippen LogP contribution in [-0.4, -0.2) is 65.7 Å². The molecule has 1 aromatic heterocycles. The summed E-state index contributed by atoms with van der Waals surface area (Å²) in [7, 11) is 1.23. The summed E-state index contributed by atoms with van der Waals surface area (Å²) in [6, 6.07) is 23.0. The molecule has 1 heterocycles. The fraction of sp³-hybridized carbons (Fsp3) is 0.250. The number of alkyl halides is 6. The molecule has 0 aliphatic rings. The standard InChI is InChI=1S/C36H29F6N3O8/c1-50-33(35(37,38)39,23-13-5-3-6-14-23)31(46)52-22-25(53-32(47)34(51-2,36(40,41)42)24-15-7-4-8-16-24)21-44-29-20-12-10-18-27(29)43-30(44)26-17-9-11-19-28(26)45(48)49/h3-20,25H,21-22H2,1-2H3/t25?,33?,34-/m1/s1. The molecule has 0 radical (unpaired) electrons. The molecule has 4 aromatic carbocycles. The van der Waals surface area contributed by atoms with E-state index >= 15 is 0 Å². The van der Waals surface area contributed by atoms with Crippen LogP contribution in [-0.2, 0) is 46.3 Å². The third kappa shape index (κ3) is 7.04. The van der Waals surface area contributed by atoms with Crippen molar-refractivity contribution in [3.8, 4) is 11.4 Å². The summed E-state index contributed by atoms with van der Waals surface area (Å²) in [6.07, 6.45) is -12.9. The maximum Gasteiger partial charge on any atom is 0.432 e. The number of para-hydroxylation sites is 3. The van der Waals surface area contributed by atoms with Crippen molar-refractivity contribution in [3.63, 3.8) is 0 Å². The van der Waals surface area contributed by atoms with Gasteiger partial charge in [-0.05, 0) is 18.2 Å². The average molecular weight is 746 g/mol. The Morgan fingerprint density at radius 1 is 0.736 bits per heavy atom. The first-order valence-corrected chi connectivity index (χ1v) is 15.5. The van der Waals surface area contributed by atoms with Gasteiger partial charge in [0.15, 0.2) is 6.10 Å². The second-order valence-electron chi connectivity index (χ2n) is 11.4. The van der Waals surface area contributed by atoms with Crippen LogP contribution in [0.25, 0.3) is 22.4 Å². The number of nitro benzene ring substituents is 1. The van der Waals surface area contributed by atoms with Crippen LogP contribution in [0.3, 0.4) is 0 Å². The molecule has 0 aliphatic carbocycles. The number of halogens is 6. The van der Waals surface area contributed by atoms with E-state index in [1.54, 1.807) is 12.1 Å². The summed E-state index contributed by atoms with van der Waals surface area (Å²) in [5.41, 5.74) is -8.81. The second kappa shape index (κ2) is 15.0. The zero-order valence-electron chi connectivity index (χ0n) is 27.8. The highest BCUT2D eigenvalue weighted by molar-refractivity contribution is 5.85. The lowest BCUT2D eigenvalue weighted by molar-refractivity contribution is -0.384. The lowest BCUT2D eigenvalue weighted by Crippen LogP contribution is -2.54. The fourth-order valence-corrected chi connectivity index (χ4v) is 5.89. The van der Waals surface area contributed by atoms with Crippen molar-refractivity contribution < 1.29 is 59.8 Å². The summed E-state index contributed by atoms with van der Waals surface area (Å²) in [4.78, 5) is 43.0. The van der Waals surface area contributed by atoms with Gasteiger partial charge in [-0.15, -0.1) is 0 Å². The summed E-state index contributed by atoms with van der Waals surface area (Å²) in [6.45, 7) is -1.99. The number of hydrogen-bond donors (Lipinski definition) is 0. The first-order valence-electron chi connectivity index (χ1n) is 15.5. The molecule has 11 nitrogen and oxygen atoms in total. The number of imidazole rings is 1. The van der Waals surface area contributed by atoms with E-state index in [4.69, 9.17) is 18.9 Å². The lowest BCUT2D eigenvalue weighted by atomic mass is 9.92. The summed E-state index contributed by atoms with van der Waals surface area (Å²) in [5.74, 6) is -4.19. The smallest absolute Gasteiger partial charge is 0.432 e. The minimum Gasteiger partial charge on any atom is -0.459 e. The van der Waals surface area contributed by atoms with Gasteiger partial charge in [0.25, 0.3) is 16.9 Å². The summed E-state index contributed by atoms with van der Waals surface area (Å²) in [5, 5.41) is 12.0. The number of benzene rings is 4. The largest absolute Gasteiger partial charge is 0.459 e. The van der Waals surface area contributed by atoms with E-state index < -0.39 is 76.5 Å². The highest BCUT2D eigenvalue weighted by atomic mass is 19.4. The molecular weight excluding hydrogens is 716 g/mol. The monoisotopic (exact) mass is 745 g/mol. The molecule has 0 bridgehead atoms. The molecule has 5 aromatic rings. The van der Waals surface area contributed by atoms with E-state index in [0.29, 0.717) is 14.2 Å². The average Bonchev–Trinajstić information content (AvgIpc) is 3.49. The van der Waals surface area contributed by atoms with Crippen molar-refractivity contribution in [1.82, 2.24) is 9.55 Å². The third-order valence-electron chi connectivity index (χ3n) is 8.40. The number of methoxy groups -OCH3 is 2. The second-order valence-corrected chi connectivity index (χ2v) is 11.4. The molecule has 3 atom stereocenters. The van der Waals surface area contributed by atoms with Gasteiger partial charge in [0.05, 0.1) is 28.1 Å². The van der Waals surface area contributed by atoms with Gasteiger partial charge >= 0.3 is 24.3 Å². The number of rotatable bonds is 13. The van der Waals surface area contributed by atoms with E-state index in [1.807, 2.05) is 0 Å². The van der Waals surface area contributed by atoms with E-state index in [2.05, 4.69) is 4.98 Å². The van der Waals surface area contributed by atoms with Gasteiger partial charge in [0, 0.05) is 31.4 Å². The van der Waals surface area contributed by atoms with Gasteiger partial charge in [-0.3, -0.25) is 10.1 Å². The molecule has 53 heavy (non-hydrogen) atoms. The molecule has 0 spiro atoms. The molecule has 2 unspecified atom stereocenters. The molecule has 5 rings (SSSR count). The van der Waals surface area contributed by atoms with Crippen molar-refractivity contribution in [3.05, 3.63) is 130 Å². The Morgan fingerprint density at radius 3 is 1.75 bits per heavy atom. The maximum atomic E-state index is 14.9. The molecular formula is C36H29F6N3O8. The quantitative estimate of drug-likeness (QED) is 0.0528. The first-order chi connectivity index (χ1) is 25.1. The molecule has 0 amide bonds. The Balaban J connectivity index is 1.64. The van der Waals surface area contributed by atoms with Crippen LogP contribution >= 0.6 is 0 Å². The molecule has 0 fully saturated rings. The Morgan fingerprint density at radius 2 is 1.23 bits per heavy atom. The van der Waals surface area contributed by atoms with Crippen LogP contribution in [0.15, 0.2) is 109 Å². The van der Waals surface area contributed by atoms with Gasteiger partial charge in [-0.25, -0.2) is 14.6 Å². The zero-order chi connectivity index (χ0) is 38.6. The van der Waals surface area contributed by atoms with E-state index in [9.17, 15) is 46.0 Å². The summed E-state index contributed by atoms with van der Waals surface area (Å²) >= 11 is 0. The van der Waals surface area contributed by atoms with Gasteiger partial charge in [0.2, 0.25) is 0 Å². The highest BCUT2D eigenvalue weighted by Crippen LogP contribution is 2.45. The van der Waals surface area contributed by atoms with E-state index in [1.165, 1.54) is 77.4 Å². The predicted octanol–water partition coefficient (Wildman–Crippen LogP) is 7.27. The minimum absolute atomic E-state index is 0.0545. The maximum absolute atomic E-state index is 14.9. The number of esters is 2. The van der Waals surface area contributed by atoms with E-state index in [-0.39, 0.29) is 22.4 Å². The van der Waals surface area contributed by atoms with Gasteiger partial charge in [-0.1, -0.05) is 84.9 Å². The van der Waals surface area contributed by atoms with Crippen LogP contribution in [0.5, 0.6) is 0 Å². The van der Waals surface area contributed by atoms with Crippen LogP contribution in [0.1, 0.15) is 11.1 Å². The van der Waals surface area contributed by atoms with Crippen molar-refractivity contribution in [2.24, 2.45) is 0 Å². The lowest BCUT2D eigenvalue weighted by Gasteiger charge is -2.35. The first kappa shape index (κ1) is 38.4. The number of hydrogen-bond acceptors (Lipinski definition) is 9. The zero-order valence-corrected chi connectivity index (χ0v) is 27.8. The molecule has 0 aliphatic heterocycles. The van der Waals surface area contributed by atoms with Crippen molar-refractivity contribution in [1.29, 1.82) is 0 Å². The minimum atomic E-state index is -5.45. The van der Waals surface area contributed by atoms with Crippen LogP contribution in [0.2, 0.25) is 0 Å². The van der Waals surface area contributed by atoms with Gasteiger partial charge in [-0.2, -0.15) is 26.3 Å². The number of carbonyl (C=O) groups excluding carboxylic acids is 2. The van der Waals surface area contributed by atoms with Gasteiger partial charge < -0.3 is 23.5 Å². The summed E-state index contributed by atoms with van der Waals surface area (Å²) < 4.78 is 110. The van der Waals surface area contributed by atoms with Crippen LogP contribution in [0.4, 0.5) is 32.0 Å². The Kier molecular flexibility index (Phi) is 10.9. The van der Waals surface area contributed by atoms with Gasteiger partial charge in [0.1, 0.15) is 12.4 Å². The van der Waals surface area contributed by atoms with Crippen molar-refractivity contribution in [2.75, 3.05) is 20.8 Å². The SMILES string of the molecule is COC(C(=O)OCC(Cn1c(-c2ccccc2[N+](=O)[O-])nc2ccccc21)OC(=O)[C@](OC)(c1ccccc1)C(F)(F)F)(c1ccccc1)C(F)(F)F. The molecule has 0 N–H and O–H groups in total. The van der Waals surface area contributed by atoms with Crippen LogP contribution < -0.4 is 0 Å². The number of aromatic nitrogens is 2. The number of ether oxygens (including phenoxy) is 4. The van der Waals surface area contributed by atoms with Crippen molar-refractivity contribution >= 4 is 28.7 Å². The third-order valence-corrected chi connectivity index (χ3v) is 8.40. The van der Waals surface area contributed by atoms with E-state index in [0.717, 1.165) is 24.3 Å². The predicted molar refractivity (Wildman–Crippen MR) is 175 cm³/mol. The molecule has 278 valence electrons. The highest BCUT2D eigenvalue weighted by Gasteiger charge is 2.65. The number of fused-ring (bicyclic) bond motifs is 1. The topological polar surface area (TPSA) is 132 Å².